The van der Waals surface area contributed by atoms with E-state index in [4.69, 9.17) is 9.16 Å². The highest BCUT2D eigenvalue weighted by Gasteiger charge is 2.37. The van der Waals surface area contributed by atoms with Crippen molar-refractivity contribution in [3.63, 3.8) is 0 Å². The Hall–Kier alpha value is -0.673. The van der Waals surface area contributed by atoms with Crippen LogP contribution in [0.3, 0.4) is 0 Å². The van der Waals surface area contributed by atoms with E-state index in [0.29, 0.717) is 24.5 Å². The Kier molecular flexibility index (Phi) is 7.03. The second kappa shape index (κ2) is 7.93. The topological polar surface area (TPSA) is 51.7 Å². The molecule has 0 fully saturated rings. The van der Waals surface area contributed by atoms with Crippen LogP contribution < -0.4 is 4.74 Å². The zero-order valence-electron chi connectivity index (χ0n) is 15.1. The Bertz CT molecular complexity index is 559. The Balaban J connectivity index is 2.65. The summed E-state index contributed by atoms with van der Waals surface area (Å²) < 4.78 is 12.1. The number of hydrogen-bond donors (Lipinski definition) is 0. The van der Waals surface area contributed by atoms with Gasteiger partial charge in [0.05, 0.1) is 19.3 Å². The van der Waals surface area contributed by atoms with E-state index < -0.39 is 8.32 Å². The Morgan fingerprint density at radius 3 is 2.52 bits per heavy atom. The van der Waals surface area contributed by atoms with E-state index in [1.165, 1.54) is 0 Å². The van der Waals surface area contributed by atoms with Gasteiger partial charge in [0.1, 0.15) is 3.70 Å². The number of pyridine rings is 1. The van der Waals surface area contributed by atoms with Crippen LogP contribution in [0, 0.1) is 3.70 Å². The molecule has 0 aliphatic heterocycles. The summed E-state index contributed by atoms with van der Waals surface area (Å²) in [6.07, 6.45) is 1.58. The molecule has 1 amide bonds. The van der Waals surface area contributed by atoms with Crippen molar-refractivity contribution in [2.45, 2.75) is 38.9 Å². The normalized spacial score (nSPS) is 12.2. The largest absolute Gasteiger partial charge is 0.494 e. The van der Waals surface area contributed by atoms with Gasteiger partial charge in [0.2, 0.25) is 0 Å². The van der Waals surface area contributed by atoms with Gasteiger partial charge < -0.3 is 14.1 Å². The van der Waals surface area contributed by atoms with Crippen molar-refractivity contribution < 1.29 is 14.0 Å². The number of halogens is 1. The summed E-state index contributed by atoms with van der Waals surface area (Å²) in [5, 5.41) is 0.170. The summed E-state index contributed by atoms with van der Waals surface area (Å²) in [6.45, 7) is 12.1. The van der Waals surface area contributed by atoms with Crippen LogP contribution in [0.25, 0.3) is 0 Å². The number of carbonyl (C=O) groups excluding carboxylic acids is 1. The molecule has 1 rings (SSSR count). The van der Waals surface area contributed by atoms with Crippen LogP contribution in [0.15, 0.2) is 12.3 Å². The molecule has 0 N–H and O–H groups in total. The molecule has 7 heteroatoms. The quantitative estimate of drug-likeness (QED) is 0.376. The van der Waals surface area contributed by atoms with Crippen LogP contribution in [0.1, 0.15) is 31.1 Å². The third-order valence-electron chi connectivity index (χ3n) is 4.32. The van der Waals surface area contributed by atoms with E-state index in [1.807, 2.05) is 0 Å². The van der Waals surface area contributed by atoms with E-state index in [-0.39, 0.29) is 10.9 Å². The van der Waals surface area contributed by atoms with E-state index in [0.717, 1.165) is 3.70 Å². The van der Waals surface area contributed by atoms with Crippen LogP contribution in [-0.2, 0) is 4.43 Å². The van der Waals surface area contributed by atoms with Crippen LogP contribution in [0.4, 0.5) is 0 Å². The molecule has 0 radical (unpaired) electrons. The van der Waals surface area contributed by atoms with Crippen LogP contribution in [-0.4, -0.2) is 51.4 Å². The molecule has 5 nitrogen and oxygen atoms in total. The first-order valence-corrected chi connectivity index (χ1v) is 11.6. The van der Waals surface area contributed by atoms with Gasteiger partial charge in [-0.2, -0.15) is 0 Å². The van der Waals surface area contributed by atoms with Crippen LogP contribution in [0.2, 0.25) is 18.1 Å². The highest BCUT2D eigenvalue weighted by molar-refractivity contribution is 14.1. The SMILES string of the molecule is COc1cc(C(=O)N(C)CCO[Si](C)(C)C(C)(C)C)cnc1I. The van der Waals surface area contributed by atoms with Crippen molar-refractivity contribution in [1.29, 1.82) is 0 Å². The summed E-state index contributed by atoms with van der Waals surface area (Å²) in [5.74, 6) is 0.536. The molecule has 1 aromatic rings. The Morgan fingerprint density at radius 2 is 2.00 bits per heavy atom. The number of ether oxygens (including phenoxy) is 1. The molecular weight excluding hydrogens is 423 g/mol. The standard InChI is InChI=1S/C16H27IN2O3Si/c1-16(2,3)23(6,7)22-9-8-19(4)15(20)12-10-13(21-5)14(17)18-11-12/h10-11H,8-9H2,1-7H3. The number of aromatic nitrogens is 1. The molecule has 1 heterocycles. The van der Waals surface area contributed by atoms with Crippen molar-refractivity contribution in [3.8, 4) is 5.75 Å². The van der Waals surface area contributed by atoms with Crippen molar-refractivity contribution in [2.75, 3.05) is 27.3 Å². The number of rotatable bonds is 6. The fourth-order valence-corrected chi connectivity index (χ4v) is 3.21. The lowest BCUT2D eigenvalue weighted by molar-refractivity contribution is 0.0769. The van der Waals surface area contributed by atoms with Gasteiger partial charge in [-0.25, -0.2) is 4.98 Å². The molecule has 0 aliphatic rings. The minimum Gasteiger partial charge on any atom is -0.494 e. The highest BCUT2D eigenvalue weighted by Crippen LogP contribution is 2.36. The fourth-order valence-electron chi connectivity index (χ4n) is 1.66. The molecule has 0 aliphatic carbocycles. The molecule has 0 saturated heterocycles. The number of amides is 1. The van der Waals surface area contributed by atoms with Gasteiger partial charge in [-0.3, -0.25) is 4.79 Å². The molecule has 0 spiro atoms. The van der Waals surface area contributed by atoms with Crippen LogP contribution in [0.5, 0.6) is 5.75 Å². The van der Waals surface area contributed by atoms with Gasteiger partial charge in [0.25, 0.3) is 5.91 Å². The van der Waals surface area contributed by atoms with Crippen molar-refractivity contribution in [2.24, 2.45) is 0 Å². The predicted octanol–water partition coefficient (Wildman–Crippen LogP) is 3.79. The van der Waals surface area contributed by atoms with Crippen LogP contribution >= 0.6 is 22.6 Å². The number of methoxy groups -OCH3 is 1. The smallest absolute Gasteiger partial charge is 0.255 e. The van der Waals surface area contributed by atoms with Gasteiger partial charge in [-0.15, -0.1) is 0 Å². The molecule has 0 saturated carbocycles. The third-order valence-corrected chi connectivity index (χ3v) is 9.66. The number of likely N-dealkylation sites (N-methyl/N-ethyl adjacent to an activating group) is 1. The lowest BCUT2D eigenvalue weighted by atomic mass is 10.2. The Labute approximate surface area is 154 Å². The van der Waals surface area contributed by atoms with E-state index in [9.17, 15) is 4.79 Å². The lowest BCUT2D eigenvalue weighted by Gasteiger charge is -2.36. The summed E-state index contributed by atoms with van der Waals surface area (Å²) in [6, 6.07) is 1.72. The molecule has 0 unspecified atom stereocenters. The summed E-state index contributed by atoms with van der Waals surface area (Å²) in [7, 11) is 1.57. The second-order valence-corrected chi connectivity index (χ2v) is 12.9. The van der Waals surface area contributed by atoms with E-state index in [2.05, 4.69) is 61.4 Å². The van der Waals surface area contributed by atoms with E-state index in [1.54, 1.807) is 31.3 Å². The first-order valence-electron chi connectivity index (χ1n) is 7.58. The maximum atomic E-state index is 12.5. The molecule has 0 atom stereocenters. The Morgan fingerprint density at radius 1 is 1.39 bits per heavy atom. The van der Waals surface area contributed by atoms with Gasteiger partial charge in [-0.1, -0.05) is 20.8 Å². The zero-order valence-corrected chi connectivity index (χ0v) is 18.2. The van der Waals surface area contributed by atoms with Crippen molar-refractivity contribution in [3.05, 3.63) is 21.5 Å². The van der Waals surface area contributed by atoms with Gasteiger partial charge in [-0.05, 0) is 46.8 Å². The molecule has 23 heavy (non-hydrogen) atoms. The molecule has 1 aromatic heterocycles. The number of carbonyl (C=O) groups is 1. The average Bonchev–Trinajstić information content (AvgIpc) is 2.45. The fraction of sp³-hybridized carbons (Fsp3) is 0.625. The first-order chi connectivity index (χ1) is 10.5. The average molecular weight is 450 g/mol. The number of hydrogen-bond acceptors (Lipinski definition) is 4. The lowest BCUT2D eigenvalue weighted by Crippen LogP contribution is -2.43. The van der Waals surface area contributed by atoms with Gasteiger partial charge >= 0.3 is 0 Å². The zero-order chi connectivity index (χ0) is 17.8. The van der Waals surface area contributed by atoms with Crippen molar-refractivity contribution >= 4 is 36.8 Å². The molecule has 130 valence electrons. The third kappa shape index (κ3) is 5.42. The first kappa shape index (κ1) is 20.4. The molecule has 0 aromatic carbocycles. The summed E-state index contributed by atoms with van der Waals surface area (Å²) in [5.41, 5.74) is 0.525. The minimum absolute atomic E-state index is 0.0777. The second-order valence-electron chi connectivity index (χ2n) is 7.05. The monoisotopic (exact) mass is 450 g/mol. The molecular formula is C16H27IN2O3Si. The van der Waals surface area contributed by atoms with Gasteiger partial charge in [0.15, 0.2) is 14.1 Å². The van der Waals surface area contributed by atoms with Gasteiger partial charge in [0, 0.05) is 19.8 Å². The summed E-state index contributed by atoms with van der Waals surface area (Å²) in [4.78, 5) is 18.3. The molecule has 0 bridgehead atoms. The maximum Gasteiger partial charge on any atom is 0.255 e. The number of nitrogens with zero attached hydrogens (tertiary/aromatic N) is 2. The highest BCUT2D eigenvalue weighted by atomic mass is 127. The van der Waals surface area contributed by atoms with Crippen molar-refractivity contribution in [1.82, 2.24) is 9.88 Å². The van der Waals surface area contributed by atoms with E-state index >= 15 is 0 Å². The predicted molar refractivity (Wildman–Crippen MR) is 104 cm³/mol. The minimum atomic E-state index is -1.78. The summed E-state index contributed by atoms with van der Waals surface area (Å²) >= 11 is 2.08. The maximum absolute atomic E-state index is 12.5.